The van der Waals surface area contributed by atoms with Gasteiger partial charge in [0.15, 0.2) is 0 Å². The first kappa shape index (κ1) is 14.4. The number of hydrogen-bond acceptors (Lipinski definition) is 5. The molecule has 0 radical (unpaired) electrons. The SMILES string of the molecule is Cc1nc(NCCCc2cccnc2)c2c(n1)C(=O)NCC2. The number of carbonyl (C=O) groups excluding carboxylic acids is 1. The summed E-state index contributed by atoms with van der Waals surface area (Å²) in [5, 5.41) is 6.17. The van der Waals surface area contributed by atoms with Crippen LogP contribution in [0.1, 0.15) is 33.9 Å². The van der Waals surface area contributed by atoms with Crippen LogP contribution in [0, 0.1) is 6.92 Å². The summed E-state index contributed by atoms with van der Waals surface area (Å²) >= 11 is 0. The topological polar surface area (TPSA) is 79.8 Å². The minimum absolute atomic E-state index is 0.106. The number of hydrogen-bond donors (Lipinski definition) is 2. The van der Waals surface area contributed by atoms with Gasteiger partial charge in [0.05, 0.1) is 0 Å². The van der Waals surface area contributed by atoms with E-state index in [9.17, 15) is 4.79 Å². The van der Waals surface area contributed by atoms with Gasteiger partial charge >= 0.3 is 0 Å². The summed E-state index contributed by atoms with van der Waals surface area (Å²) in [6.07, 6.45) is 6.39. The van der Waals surface area contributed by atoms with Crippen molar-refractivity contribution in [1.29, 1.82) is 0 Å². The molecule has 0 unspecified atom stereocenters. The van der Waals surface area contributed by atoms with E-state index in [-0.39, 0.29) is 5.91 Å². The third kappa shape index (κ3) is 3.21. The number of amides is 1. The number of rotatable bonds is 5. The fourth-order valence-corrected chi connectivity index (χ4v) is 2.60. The van der Waals surface area contributed by atoms with Crippen LogP contribution in [0.15, 0.2) is 24.5 Å². The Hall–Kier alpha value is -2.50. The highest BCUT2D eigenvalue weighted by Gasteiger charge is 2.22. The predicted octanol–water partition coefficient (Wildman–Crippen LogP) is 1.51. The maximum atomic E-state index is 11.9. The van der Waals surface area contributed by atoms with Gasteiger partial charge < -0.3 is 10.6 Å². The van der Waals surface area contributed by atoms with Crippen molar-refractivity contribution < 1.29 is 4.79 Å². The molecular weight excluding hydrogens is 278 g/mol. The zero-order valence-electron chi connectivity index (χ0n) is 12.6. The van der Waals surface area contributed by atoms with Crippen molar-refractivity contribution in [2.45, 2.75) is 26.2 Å². The predicted molar refractivity (Wildman–Crippen MR) is 83.9 cm³/mol. The largest absolute Gasteiger partial charge is 0.370 e. The first-order valence-electron chi connectivity index (χ1n) is 7.52. The summed E-state index contributed by atoms with van der Waals surface area (Å²) in [6.45, 7) is 3.25. The van der Waals surface area contributed by atoms with Crippen molar-refractivity contribution in [1.82, 2.24) is 20.3 Å². The average Bonchev–Trinajstić information content (AvgIpc) is 2.53. The number of fused-ring (bicyclic) bond motifs is 1. The summed E-state index contributed by atoms with van der Waals surface area (Å²) in [5.41, 5.74) is 2.66. The Kier molecular flexibility index (Phi) is 4.27. The molecule has 1 amide bonds. The normalized spacial score (nSPS) is 13.4. The summed E-state index contributed by atoms with van der Waals surface area (Å²) in [5.74, 6) is 1.30. The van der Waals surface area contributed by atoms with Gasteiger partial charge in [0.1, 0.15) is 17.3 Å². The van der Waals surface area contributed by atoms with Gasteiger partial charge in [0.25, 0.3) is 5.91 Å². The zero-order chi connectivity index (χ0) is 15.4. The number of carbonyl (C=O) groups is 1. The molecule has 114 valence electrons. The molecule has 6 heteroatoms. The van der Waals surface area contributed by atoms with Gasteiger partial charge in [-0.1, -0.05) is 6.07 Å². The molecule has 6 nitrogen and oxygen atoms in total. The van der Waals surface area contributed by atoms with E-state index in [4.69, 9.17) is 0 Å². The molecule has 0 atom stereocenters. The highest BCUT2D eigenvalue weighted by Crippen LogP contribution is 2.20. The second kappa shape index (κ2) is 6.51. The molecule has 1 aliphatic rings. The summed E-state index contributed by atoms with van der Waals surface area (Å²) in [6, 6.07) is 4.03. The lowest BCUT2D eigenvalue weighted by Gasteiger charge is -2.19. The molecule has 22 heavy (non-hydrogen) atoms. The molecular formula is C16H19N5O. The number of aryl methyl sites for hydroxylation is 2. The molecule has 0 spiro atoms. The van der Waals surface area contributed by atoms with E-state index < -0.39 is 0 Å². The van der Waals surface area contributed by atoms with E-state index in [1.807, 2.05) is 19.2 Å². The van der Waals surface area contributed by atoms with Gasteiger partial charge in [-0.05, 0) is 37.8 Å². The van der Waals surface area contributed by atoms with Crippen LogP contribution in [0.4, 0.5) is 5.82 Å². The Labute approximate surface area is 129 Å². The van der Waals surface area contributed by atoms with Crippen LogP contribution in [0.2, 0.25) is 0 Å². The molecule has 0 saturated heterocycles. The summed E-state index contributed by atoms with van der Waals surface area (Å²) < 4.78 is 0. The molecule has 2 aromatic heterocycles. The molecule has 2 N–H and O–H groups in total. The Bertz CT molecular complexity index is 672. The van der Waals surface area contributed by atoms with Gasteiger partial charge in [-0.15, -0.1) is 0 Å². The lowest BCUT2D eigenvalue weighted by atomic mass is 10.1. The van der Waals surface area contributed by atoms with Crippen LogP contribution in [0.5, 0.6) is 0 Å². The van der Waals surface area contributed by atoms with E-state index in [1.54, 1.807) is 6.20 Å². The second-order valence-corrected chi connectivity index (χ2v) is 5.34. The first-order valence-corrected chi connectivity index (χ1v) is 7.52. The third-order valence-corrected chi connectivity index (χ3v) is 3.65. The Morgan fingerprint density at radius 3 is 3.09 bits per heavy atom. The summed E-state index contributed by atoms with van der Waals surface area (Å²) in [4.78, 5) is 24.7. The van der Waals surface area contributed by atoms with Crippen LogP contribution < -0.4 is 10.6 Å². The molecule has 2 aromatic rings. The standard InChI is InChI=1S/C16H19N5O/c1-11-20-14-13(6-9-19-16(14)22)15(21-11)18-8-3-5-12-4-2-7-17-10-12/h2,4,7,10H,3,5-6,8-9H2,1H3,(H,19,22)(H,18,20,21). The average molecular weight is 297 g/mol. The minimum atomic E-state index is -0.106. The van der Waals surface area contributed by atoms with Crippen molar-refractivity contribution in [3.63, 3.8) is 0 Å². The smallest absolute Gasteiger partial charge is 0.270 e. The van der Waals surface area contributed by atoms with Gasteiger partial charge in [-0.3, -0.25) is 9.78 Å². The number of nitrogens with one attached hydrogen (secondary N) is 2. The first-order chi connectivity index (χ1) is 10.7. The molecule has 3 heterocycles. The van der Waals surface area contributed by atoms with Crippen molar-refractivity contribution >= 4 is 11.7 Å². The molecule has 1 aliphatic heterocycles. The van der Waals surface area contributed by atoms with Crippen molar-refractivity contribution in [3.05, 3.63) is 47.2 Å². The van der Waals surface area contributed by atoms with Gasteiger partial charge in [0.2, 0.25) is 0 Å². The maximum Gasteiger partial charge on any atom is 0.270 e. The quantitative estimate of drug-likeness (QED) is 0.818. The fraction of sp³-hybridized carbons (Fsp3) is 0.375. The van der Waals surface area contributed by atoms with Crippen LogP contribution in [-0.2, 0) is 12.8 Å². The minimum Gasteiger partial charge on any atom is -0.370 e. The van der Waals surface area contributed by atoms with Crippen LogP contribution in [-0.4, -0.2) is 33.9 Å². The highest BCUT2D eigenvalue weighted by atomic mass is 16.1. The van der Waals surface area contributed by atoms with E-state index >= 15 is 0 Å². The van der Waals surface area contributed by atoms with E-state index in [2.05, 4.69) is 31.7 Å². The number of anilines is 1. The molecule has 0 bridgehead atoms. The van der Waals surface area contributed by atoms with Gasteiger partial charge in [-0.2, -0.15) is 0 Å². The third-order valence-electron chi connectivity index (χ3n) is 3.65. The summed E-state index contributed by atoms with van der Waals surface area (Å²) in [7, 11) is 0. The molecule has 0 fully saturated rings. The van der Waals surface area contributed by atoms with E-state index in [0.29, 0.717) is 18.1 Å². The molecule has 0 saturated carbocycles. The zero-order valence-corrected chi connectivity index (χ0v) is 12.6. The van der Waals surface area contributed by atoms with Crippen molar-refractivity contribution in [3.8, 4) is 0 Å². The lowest BCUT2D eigenvalue weighted by Crippen LogP contribution is -2.34. The van der Waals surface area contributed by atoms with Crippen molar-refractivity contribution in [2.24, 2.45) is 0 Å². The Morgan fingerprint density at radius 1 is 1.36 bits per heavy atom. The molecule has 3 rings (SSSR count). The number of pyridine rings is 1. The number of aromatic nitrogens is 3. The highest BCUT2D eigenvalue weighted by molar-refractivity contribution is 5.95. The second-order valence-electron chi connectivity index (χ2n) is 5.34. The van der Waals surface area contributed by atoms with Crippen LogP contribution in [0.3, 0.4) is 0 Å². The fourth-order valence-electron chi connectivity index (χ4n) is 2.60. The molecule has 0 aromatic carbocycles. The molecule has 0 aliphatic carbocycles. The monoisotopic (exact) mass is 297 g/mol. The van der Waals surface area contributed by atoms with Crippen LogP contribution >= 0.6 is 0 Å². The van der Waals surface area contributed by atoms with Crippen molar-refractivity contribution in [2.75, 3.05) is 18.4 Å². The van der Waals surface area contributed by atoms with E-state index in [1.165, 1.54) is 5.56 Å². The van der Waals surface area contributed by atoms with Gasteiger partial charge in [-0.25, -0.2) is 9.97 Å². The number of nitrogens with zero attached hydrogens (tertiary/aromatic N) is 3. The van der Waals surface area contributed by atoms with Gasteiger partial charge in [0, 0.05) is 31.0 Å². The lowest BCUT2D eigenvalue weighted by molar-refractivity contribution is 0.0940. The van der Waals surface area contributed by atoms with E-state index in [0.717, 1.165) is 37.2 Å². The maximum absolute atomic E-state index is 11.9. The Balaban J connectivity index is 1.64. The Morgan fingerprint density at radius 2 is 2.27 bits per heavy atom. The van der Waals surface area contributed by atoms with Crippen LogP contribution in [0.25, 0.3) is 0 Å².